The van der Waals surface area contributed by atoms with Crippen LogP contribution >= 0.6 is 23.1 Å². The summed E-state index contributed by atoms with van der Waals surface area (Å²) in [6.07, 6.45) is 1.75. The van der Waals surface area contributed by atoms with E-state index in [9.17, 15) is 9.59 Å². The Morgan fingerprint density at radius 1 is 1.10 bits per heavy atom. The molecule has 0 spiro atoms. The molecule has 2 aromatic heterocycles. The molecule has 0 bridgehead atoms. The number of methoxy groups -OCH3 is 1. The van der Waals surface area contributed by atoms with Crippen molar-refractivity contribution in [3.63, 3.8) is 0 Å². The maximum absolute atomic E-state index is 13.0. The molecular weight excluding hydrogens is 544 g/mol. The lowest BCUT2D eigenvalue weighted by Crippen LogP contribution is -2.16. The van der Waals surface area contributed by atoms with Gasteiger partial charge in [-0.25, -0.2) is 4.79 Å². The third kappa shape index (κ3) is 6.46. The third-order valence-corrected chi connectivity index (χ3v) is 8.33. The maximum Gasteiger partial charge on any atom is 0.341 e. The summed E-state index contributed by atoms with van der Waals surface area (Å²) in [5.41, 5.74) is 6.34. The Morgan fingerprint density at radius 2 is 1.90 bits per heavy atom. The van der Waals surface area contributed by atoms with Gasteiger partial charge in [0.1, 0.15) is 22.9 Å². The van der Waals surface area contributed by atoms with Gasteiger partial charge < -0.3 is 14.8 Å². The molecule has 0 saturated heterocycles. The third-order valence-electron chi connectivity index (χ3n) is 6.47. The summed E-state index contributed by atoms with van der Waals surface area (Å²) in [6, 6.07) is 12.0. The molecule has 10 heteroatoms. The number of rotatable bonds is 11. The molecule has 208 valence electrons. The molecular formula is C30H32N4O4S2. The van der Waals surface area contributed by atoms with Crippen molar-refractivity contribution < 1.29 is 19.1 Å². The first-order chi connectivity index (χ1) is 19.2. The summed E-state index contributed by atoms with van der Waals surface area (Å²) >= 11 is 2.55. The van der Waals surface area contributed by atoms with E-state index in [1.54, 1.807) is 6.08 Å². The van der Waals surface area contributed by atoms with Crippen LogP contribution in [0.2, 0.25) is 0 Å². The summed E-state index contributed by atoms with van der Waals surface area (Å²) < 4.78 is 13.0. The van der Waals surface area contributed by atoms with Gasteiger partial charge in [-0.3, -0.25) is 9.36 Å². The summed E-state index contributed by atoms with van der Waals surface area (Å²) in [7, 11) is 1.34. The highest BCUT2D eigenvalue weighted by molar-refractivity contribution is 7.99. The van der Waals surface area contributed by atoms with Gasteiger partial charge in [-0.15, -0.1) is 28.1 Å². The normalized spacial score (nSPS) is 10.8. The highest BCUT2D eigenvalue weighted by Gasteiger charge is 2.24. The van der Waals surface area contributed by atoms with Crippen molar-refractivity contribution in [1.82, 2.24) is 14.8 Å². The molecule has 0 fully saturated rings. The molecule has 1 N–H and O–H groups in total. The molecule has 0 radical (unpaired) electrons. The Morgan fingerprint density at radius 3 is 2.65 bits per heavy atom. The van der Waals surface area contributed by atoms with Gasteiger partial charge in [-0.2, -0.15) is 0 Å². The summed E-state index contributed by atoms with van der Waals surface area (Å²) in [5, 5.41) is 14.4. The van der Waals surface area contributed by atoms with Crippen molar-refractivity contribution in [2.75, 3.05) is 18.2 Å². The van der Waals surface area contributed by atoms with Crippen LogP contribution in [0.15, 0.2) is 59.6 Å². The number of carbonyl (C=O) groups excluding carboxylic acids is 2. The first kappa shape index (κ1) is 29.1. The van der Waals surface area contributed by atoms with Crippen LogP contribution < -0.4 is 10.1 Å². The van der Waals surface area contributed by atoms with Gasteiger partial charge in [0.25, 0.3) is 0 Å². The molecule has 2 aromatic carbocycles. The molecule has 8 nitrogen and oxygen atoms in total. The Labute approximate surface area is 242 Å². The summed E-state index contributed by atoms with van der Waals surface area (Å²) in [5.74, 6) is 0.724. The average molecular weight is 577 g/mol. The van der Waals surface area contributed by atoms with Crippen molar-refractivity contribution in [3.8, 4) is 16.9 Å². The van der Waals surface area contributed by atoms with Gasteiger partial charge in [-0.05, 0) is 56.0 Å². The van der Waals surface area contributed by atoms with Gasteiger partial charge >= 0.3 is 5.97 Å². The van der Waals surface area contributed by atoms with E-state index >= 15 is 0 Å². The molecule has 0 aliphatic heterocycles. The number of anilines is 1. The Kier molecular flexibility index (Phi) is 9.44. The monoisotopic (exact) mass is 576 g/mol. The van der Waals surface area contributed by atoms with Crippen molar-refractivity contribution in [2.24, 2.45) is 0 Å². The van der Waals surface area contributed by atoms with Crippen molar-refractivity contribution >= 4 is 40.0 Å². The largest absolute Gasteiger partial charge is 0.485 e. The van der Waals surface area contributed by atoms with Gasteiger partial charge in [0.05, 0.1) is 12.9 Å². The number of thioether (sulfide) groups is 1. The Hall–Kier alpha value is -3.89. The standard InChI is InChI=1S/C30H32N4O4S2/c1-7-13-34-25(15-38-24-10-8-9-19(3)21(24)5)32-33-30(34)40-17-26(35)31-28-27(29(36)37-6)23(16-39-28)22-14-18(2)11-12-20(22)4/h7-12,14,16H,1,13,15,17H2,2-6H3,(H,31,35). The van der Waals surface area contributed by atoms with Crippen molar-refractivity contribution in [1.29, 1.82) is 0 Å². The minimum atomic E-state index is -0.501. The van der Waals surface area contributed by atoms with Crippen LogP contribution in [0, 0.1) is 27.7 Å². The number of carbonyl (C=O) groups is 2. The second kappa shape index (κ2) is 13.0. The topological polar surface area (TPSA) is 95.3 Å². The second-order valence-corrected chi connectivity index (χ2v) is 11.1. The lowest BCUT2D eigenvalue weighted by molar-refractivity contribution is -0.113. The molecule has 1 amide bonds. The van der Waals surface area contributed by atoms with Crippen molar-refractivity contribution in [3.05, 3.63) is 88.1 Å². The van der Waals surface area contributed by atoms with Gasteiger partial charge in [0.2, 0.25) is 5.91 Å². The van der Waals surface area contributed by atoms with Crippen LogP contribution in [-0.2, 0) is 22.7 Å². The van der Waals surface area contributed by atoms with E-state index in [1.807, 2.05) is 74.0 Å². The molecule has 0 unspecified atom stereocenters. The number of amides is 1. The van der Waals surface area contributed by atoms with Crippen LogP contribution in [0.3, 0.4) is 0 Å². The number of benzene rings is 2. The second-order valence-electron chi connectivity index (χ2n) is 9.29. The minimum absolute atomic E-state index is 0.0738. The number of aromatic nitrogens is 3. The number of allylic oxidation sites excluding steroid dienone is 1. The fraction of sp³-hybridized carbons (Fsp3) is 0.267. The van der Waals surface area contributed by atoms with Gasteiger partial charge in [-0.1, -0.05) is 53.7 Å². The highest BCUT2D eigenvalue weighted by Crippen LogP contribution is 2.38. The number of thiophene rings is 1. The van der Waals surface area contributed by atoms with Crippen LogP contribution in [0.25, 0.3) is 11.1 Å². The van der Waals surface area contributed by atoms with E-state index in [2.05, 4.69) is 22.1 Å². The average Bonchev–Trinajstić information content (AvgIpc) is 3.53. The van der Waals surface area contributed by atoms with E-state index in [1.165, 1.54) is 30.2 Å². The van der Waals surface area contributed by atoms with E-state index in [0.717, 1.165) is 39.1 Å². The number of aryl methyl sites for hydroxylation is 3. The number of ether oxygens (including phenoxy) is 2. The quantitative estimate of drug-likeness (QED) is 0.123. The lowest BCUT2D eigenvalue weighted by atomic mass is 9.97. The van der Waals surface area contributed by atoms with E-state index in [4.69, 9.17) is 9.47 Å². The molecule has 0 saturated carbocycles. The number of nitrogens with zero attached hydrogens (tertiary/aromatic N) is 3. The Bertz CT molecular complexity index is 1560. The molecule has 0 aliphatic carbocycles. The number of hydrogen-bond acceptors (Lipinski definition) is 8. The fourth-order valence-electron chi connectivity index (χ4n) is 4.14. The SMILES string of the molecule is C=CCn1c(COc2cccc(C)c2C)nnc1SCC(=O)Nc1scc(-c2cc(C)ccc2C)c1C(=O)OC. The zero-order chi connectivity index (χ0) is 28.8. The van der Waals surface area contributed by atoms with Gasteiger partial charge in [0.15, 0.2) is 11.0 Å². The maximum atomic E-state index is 13.0. The lowest BCUT2D eigenvalue weighted by Gasteiger charge is -2.12. The van der Waals surface area contributed by atoms with Gasteiger partial charge in [0, 0.05) is 17.5 Å². The van der Waals surface area contributed by atoms with Crippen LogP contribution in [0.1, 0.15) is 38.4 Å². The first-order valence-corrected chi connectivity index (χ1v) is 14.5. The summed E-state index contributed by atoms with van der Waals surface area (Å²) in [6.45, 7) is 12.6. The zero-order valence-corrected chi connectivity index (χ0v) is 24.9. The van der Waals surface area contributed by atoms with Crippen LogP contribution in [-0.4, -0.2) is 39.5 Å². The molecule has 4 aromatic rings. The summed E-state index contributed by atoms with van der Waals surface area (Å²) in [4.78, 5) is 25.7. The fourth-order valence-corrected chi connectivity index (χ4v) is 5.87. The molecule has 40 heavy (non-hydrogen) atoms. The minimum Gasteiger partial charge on any atom is -0.485 e. The molecule has 4 rings (SSSR count). The smallest absolute Gasteiger partial charge is 0.341 e. The predicted molar refractivity (Wildman–Crippen MR) is 160 cm³/mol. The van der Waals surface area contributed by atoms with E-state index in [-0.39, 0.29) is 18.3 Å². The highest BCUT2D eigenvalue weighted by atomic mass is 32.2. The molecule has 0 atom stereocenters. The van der Waals surface area contributed by atoms with E-state index in [0.29, 0.717) is 28.1 Å². The number of nitrogens with one attached hydrogen (secondary N) is 1. The van der Waals surface area contributed by atoms with Crippen molar-refractivity contribution in [2.45, 2.75) is 46.0 Å². The first-order valence-electron chi connectivity index (χ1n) is 12.7. The Balaban J connectivity index is 1.48. The predicted octanol–water partition coefficient (Wildman–Crippen LogP) is 6.52. The zero-order valence-electron chi connectivity index (χ0n) is 23.2. The number of hydrogen-bond donors (Lipinski definition) is 1. The van der Waals surface area contributed by atoms with Crippen LogP contribution in [0.4, 0.5) is 5.00 Å². The van der Waals surface area contributed by atoms with E-state index < -0.39 is 5.97 Å². The van der Waals surface area contributed by atoms with Crippen LogP contribution in [0.5, 0.6) is 5.75 Å². The molecule has 2 heterocycles. The number of esters is 1. The molecule has 0 aliphatic rings.